The second-order valence-electron chi connectivity index (χ2n) is 7.78. The van der Waals surface area contributed by atoms with Crippen LogP contribution < -0.4 is 0 Å². The Morgan fingerprint density at radius 2 is 2.05 bits per heavy atom. The molecule has 118 valence electrons. The topological polar surface area (TPSA) is 37.3 Å². The fraction of sp³-hybridized carbons (Fsp3) is 0.650. The highest BCUT2D eigenvalue weighted by Crippen LogP contribution is 2.62. The van der Waals surface area contributed by atoms with Crippen LogP contribution >= 0.6 is 0 Å². The van der Waals surface area contributed by atoms with Crippen molar-refractivity contribution in [2.75, 3.05) is 6.61 Å². The fourth-order valence-electron chi connectivity index (χ4n) is 6.07. The number of benzene rings is 1. The number of carbonyl (C=O) groups excluding carboxylic acids is 1. The maximum absolute atomic E-state index is 11.9. The largest absolute Gasteiger partial charge is 0.389 e. The first-order valence-corrected chi connectivity index (χ1v) is 8.94. The number of rotatable bonds is 3. The second kappa shape index (κ2) is 5.49. The van der Waals surface area contributed by atoms with E-state index in [-0.39, 0.29) is 17.8 Å². The Kier molecular flexibility index (Phi) is 3.60. The SMILES string of the molecule is O=C(CO)C[C@@]12CCC[C@H]1[C@@H]1CCc3ccccc3[C@H]1CC2. The maximum Gasteiger partial charge on any atom is 0.158 e. The minimum atomic E-state index is -0.272. The second-order valence-corrected chi connectivity index (χ2v) is 7.78. The zero-order chi connectivity index (χ0) is 15.2. The normalized spacial score (nSPS) is 36.3. The molecule has 0 bridgehead atoms. The number of ketones is 1. The minimum absolute atomic E-state index is 0.0570. The van der Waals surface area contributed by atoms with Crippen molar-refractivity contribution < 1.29 is 9.90 Å². The molecule has 3 aliphatic rings. The molecule has 1 aromatic rings. The van der Waals surface area contributed by atoms with E-state index in [1.165, 1.54) is 44.9 Å². The van der Waals surface area contributed by atoms with Crippen LogP contribution in [0.2, 0.25) is 0 Å². The van der Waals surface area contributed by atoms with E-state index >= 15 is 0 Å². The summed E-state index contributed by atoms with van der Waals surface area (Å²) in [5, 5.41) is 9.20. The van der Waals surface area contributed by atoms with Gasteiger partial charge in [0.25, 0.3) is 0 Å². The number of aliphatic hydroxyl groups is 1. The Morgan fingerprint density at radius 1 is 1.18 bits per heavy atom. The molecule has 3 aliphatic carbocycles. The van der Waals surface area contributed by atoms with Gasteiger partial charge >= 0.3 is 0 Å². The molecule has 0 radical (unpaired) electrons. The van der Waals surface area contributed by atoms with Gasteiger partial charge in [-0.3, -0.25) is 4.79 Å². The van der Waals surface area contributed by atoms with Crippen molar-refractivity contribution in [3.8, 4) is 0 Å². The number of fused-ring (bicyclic) bond motifs is 5. The van der Waals surface area contributed by atoms with Crippen molar-refractivity contribution in [1.29, 1.82) is 0 Å². The first-order chi connectivity index (χ1) is 10.7. The third kappa shape index (κ3) is 2.15. The lowest BCUT2D eigenvalue weighted by Gasteiger charge is -2.50. The third-order valence-corrected chi connectivity index (χ3v) is 6.89. The fourth-order valence-corrected chi connectivity index (χ4v) is 6.07. The van der Waals surface area contributed by atoms with Gasteiger partial charge in [-0.2, -0.15) is 0 Å². The average molecular weight is 298 g/mol. The monoisotopic (exact) mass is 298 g/mol. The molecule has 2 heteroatoms. The predicted octanol–water partition coefficient (Wildman–Crippen LogP) is 3.86. The number of aliphatic hydroxyl groups excluding tert-OH is 1. The van der Waals surface area contributed by atoms with Crippen LogP contribution in [0.25, 0.3) is 0 Å². The molecule has 0 spiro atoms. The van der Waals surface area contributed by atoms with Gasteiger partial charge in [-0.25, -0.2) is 0 Å². The maximum atomic E-state index is 11.9. The van der Waals surface area contributed by atoms with Crippen LogP contribution in [0.3, 0.4) is 0 Å². The molecular formula is C20H26O2. The molecule has 0 amide bonds. The lowest BCUT2D eigenvalue weighted by Crippen LogP contribution is -2.42. The van der Waals surface area contributed by atoms with Crippen molar-refractivity contribution >= 4 is 5.78 Å². The molecule has 0 unspecified atom stereocenters. The molecule has 0 aliphatic heterocycles. The van der Waals surface area contributed by atoms with Gasteiger partial charge in [0.1, 0.15) is 6.61 Å². The number of aryl methyl sites for hydroxylation is 1. The van der Waals surface area contributed by atoms with E-state index in [1.807, 2.05) is 0 Å². The summed E-state index contributed by atoms with van der Waals surface area (Å²) in [5.74, 6) is 2.24. The van der Waals surface area contributed by atoms with Crippen LogP contribution in [0.4, 0.5) is 0 Å². The lowest BCUT2D eigenvalue weighted by molar-refractivity contribution is -0.126. The summed E-state index contributed by atoms with van der Waals surface area (Å²) in [4.78, 5) is 11.9. The molecule has 22 heavy (non-hydrogen) atoms. The first kappa shape index (κ1) is 14.4. The number of carbonyl (C=O) groups is 1. The summed E-state index contributed by atoms with van der Waals surface area (Å²) in [7, 11) is 0. The Bertz CT molecular complexity index is 579. The summed E-state index contributed by atoms with van der Waals surface area (Å²) >= 11 is 0. The Balaban J connectivity index is 1.64. The van der Waals surface area contributed by atoms with Gasteiger partial charge in [0.15, 0.2) is 5.78 Å². The van der Waals surface area contributed by atoms with Crippen molar-refractivity contribution in [3.05, 3.63) is 35.4 Å². The van der Waals surface area contributed by atoms with E-state index in [1.54, 1.807) is 11.1 Å². The van der Waals surface area contributed by atoms with Gasteiger partial charge in [0.2, 0.25) is 0 Å². The molecule has 2 nitrogen and oxygen atoms in total. The van der Waals surface area contributed by atoms with Gasteiger partial charge in [-0.15, -0.1) is 0 Å². The van der Waals surface area contributed by atoms with Crippen LogP contribution in [-0.2, 0) is 11.2 Å². The molecule has 0 saturated heterocycles. The number of hydrogen-bond acceptors (Lipinski definition) is 2. The van der Waals surface area contributed by atoms with Crippen LogP contribution in [0.5, 0.6) is 0 Å². The zero-order valence-electron chi connectivity index (χ0n) is 13.3. The van der Waals surface area contributed by atoms with Crippen LogP contribution in [-0.4, -0.2) is 17.5 Å². The van der Waals surface area contributed by atoms with Gasteiger partial charge in [-0.05, 0) is 72.8 Å². The summed E-state index contributed by atoms with van der Waals surface area (Å²) < 4.78 is 0. The van der Waals surface area contributed by atoms with E-state index in [9.17, 15) is 9.90 Å². The van der Waals surface area contributed by atoms with Gasteiger partial charge in [-0.1, -0.05) is 30.7 Å². The highest BCUT2D eigenvalue weighted by atomic mass is 16.3. The van der Waals surface area contributed by atoms with Crippen LogP contribution in [0.1, 0.15) is 62.0 Å². The molecule has 1 N–H and O–H groups in total. The van der Waals surface area contributed by atoms with Crippen molar-refractivity contribution in [3.63, 3.8) is 0 Å². The molecule has 4 rings (SSSR count). The quantitative estimate of drug-likeness (QED) is 0.920. The third-order valence-electron chi connectivity index (χ3n) is 6.89. The average Bonchev–Trinajstić information content (AvgIpc) is 2.98. The molecular weight excluding hydrogens is 272 g/mol. The Hall–Kier alpha value is -1.15. The van der Waals surface area contributed by atoms with Crippen LogP contribution in [0, 0.1) is 17.3 Å². The highest BCUT2D eigenvalue weighted by molar-refractivity contribution is 5.80. The molecule has 4 atom stereocenters. The predicted molar refractivity (Wildman–Crippen MR) is 86.7 cm³/mol. The summed E-state index contributed by atoms with van der Waals surface area (Å²) in [6.45, 7) is -0.272. The summed E-state index contributed by atoms with van der Waals surface area (Å²) in [6.07, 6.45) is 9.30. The van der Waals surface area contributed by atoms with Crippen molar-refractivity contribution in [1.82, 2.24) is 0 Å². The summed E-state index contributed by atoms with van der Waals surface area (Å²) in [5.41, 5.74) is 3.36. The molecule has 2 fully saturated rings. The van der Waals surface area contributed by atoms with Gasteiger partial charge in [0, 0.05) is 6.42 Å². The minimum Gasteiger partial charge on any atom is -0.389 e. The van der Waals surface area contributed by atoms with Crippen LogP contribution in [0.15, 0.2) is 24.3 Å². The molecule has 2 saturated carbocycles. The van der Waals surface area contributed by atoms with E-state index < -0.39 is 0 Å². The first-order valence-electron chi connectivity index (χ1n) is 8.94. The number of hydrogen-bond donors (Lipinski definition) is 1. The van der Waals surface area contributed by atoms with E-state index in [4.69, 9.17) is 0 Å². The van der Waals surface area contributed by atoms with Gasteiger partial charge < -0.3 is 5.11 Å². The molecule has 0 aromatic heterocycles. The molecule has 1 aromatic carbocycles. The van der Waals surface area contributed by atoms with E-state index in [2.05, 4.69) is 24.3 Å². The van der Waals surface area contributed by atoms with E-state index in [0.717, 1.165) is 5.92 Å². The number of Topliss-reactive ketones (excluding diaryl/α,β-unsaturated/α-hetero) is 1. The lowest BCUT2D eigenvalue weighted by atomic mass is 9.54. The molecule has 0 heterocycles. The standard InChI is InChI=1S/C20H26O2/c21-13-15(22)12-20-10-3-6-19(20)18-8-7-14-4-1-2-5-16(14)17(18)9-11-20/h1-2,4-5,17-19,21H,3,6-13H2/t17-,18-,19+,20+/m1/s1. The Labute approximate surface area is 132 Å². The van der Waals surface area contributed by atoms with Crippen molar-refractivity contribution in [2.45, 2.75) is 57.3 Å². The van der Waals surface area contributed by atoms with Gasteiger partial charge in [0.05, 0.1) is 0 Å². The van der Waals surface area contributed by atoms with E-state index in [0.29, 0.717) is 18.3 Å². The zero-order valence-corrected chi connectivity index (χ0v) is 13.3. The van der Waals surface area contributed by atoms with Crippen molar-refractivity contribution in [2.24, 2.45) is 17.3 Å². The highest BCUT2D eigenvalue weighted by Gasteiger charge is 2.53. The smallest absolute Gasteiger partial charge is 0.158 e. The summed E-state index contributed by atoms with van der Waals surface area (Å²) in [6, 6.07) is 9.00. The Morgan fingerprint density at radius 3 is 2.91 bits per heavy atom.